The Morgan fingerprint density at radius 1 is 0.667 bits per heavy atom. The zero-order valence-corrected chi connectivity index (χ0v) is 14.3. The number of hydrogen-bond acceptors (Lipinski definition) is 3. The average molecular weight is 351 g/mol. The van der Waals surface area contributed by atoms with Crippen molar-refractivity contribution in [1.29, 1.82) is 0 Å². The second kappa shape index (κ2) is 6.25. The Labute approximate surface area is 155 Å². The van der Waals surface area contributed by atoms with Crippen LogP contribution in [0.5, 0.6) is 0 Å². The van der Waals surface area contributed by atoms with E-state index in [2.05, 4.69) is 40.3 Å². The van der Waals surface area contributed by atoms with E-state index in [0.29, 0.717) is 0 Å². The molecule has 27 heavy (non-hydrogen) atoms. The van der Waals surface area contributed by atoms with Crippen LogP contribution in [0.2, 0.25) is 0 Å². The van der Waals surface area contributed by atoms with Gasteiger partial charge in [-0.1, -0.05) is 36.4 Å². The lowest BCUT2D eigenvalue weighted by Gasteiger charge is -2.08. The van der Waals surface area contributed by atoms with Crippen molar-refractivity contribution in [2.24, 2.45) is 0 Å². The van der Waals surface area contributed by atoms with Crippen molar-refractivity contribution in [1.82, 2.24) is 15.0 Å². The predicted octanol–water partition coefficient (Wildman–Crippen LogP) is 5.65. The molecule has 2 heterocycles. The Hall–Kier alpha value is -3.66. The molecule has 0 saturated heterocycles. The van der Waals surface area contributed by atoms with Gasteiger partial charge < -0.3 is 0 Å². The summed E-state index contributed by atoms with van der Waals surface area (Å²) >= 11 is 0. The van der Waals surface area contributed by atoms with Gasteiger partial charge in [0, 0.05) is 11.1 Å². The van der Waals surface area contributed by atoms with Crippen molar-refractivity contribution in [2.45, 2.75) is 0 Å². The van der Waals surface area contributed by atoms with Gasteiger partial charge in [-0.05, 0) is 53.2 Å². The van der Waals surface area contributed by atoms with Crippen molar-refractivity contribution in [2.75, 3.05) is 0 Å². The normalized spacial score (nSPS) is 11.1. The van der Waals surface area contributed by atoms with Gasteiger partial charge in [-0.25, -0.2) is 19.3 Å². The second-order valence-corrected chi connectivity index (χ2v) is 6.36. The van der Waals surface area contributed by atoms with Crippen LogP contribution in [-0.2, 0) is 0 Å². The van der Waals surface area contributed by atoms with Crippen molar-refractivity contribution in [3.63, 3.8) is 0 Å². The number of halogens is 1. The molecule has 5 aromatic rings. The van der Waals surface area contributed by atoms with Gasteiger partial charge in [-0.3, -0.25) is 0 Å². The van der Waals surface area contributed by atoms with Gasteiger partial charge in [0.1, 0.15) is 17.7 Å². The van der Waals surface area contributed by atoms with E-state index in [1.165, 1.54) is 17.5 Å². The monoisotopic (exact) mass is 351 g/mol. The summed E-state index contributed by atoms with van der Waals surface area (Å²) in [6.07, 6.45) is 1.56. The smallest absolute Gasteiger partial charge is 0.123 e. The number of pyridine rings is 1. The van der Waals surface area contributed by atoms with Crippen LogP contribution in [0.25, 0.3) is 44.3 Å². The molecule has 0 N–H and O–H groups in total. The maximum atomic E-state index is 13.2. The highest BCUT2D eigenvalue weighted by atomic mass is 19.1. The van der Waals surface area contributed by atoms with E-state index in [1.807, 2.05) is 24.3 Å². The summed E-state index contributed by atoms with van der Waals surface area (Å²) in [7, 11) is 0. The Morgan fingerprint density at radius 2 is 1.44 bits per heavy atom. The van der Waals surface area contributed by atoms with Gasteiger partial charge in [-0.15, -0.1) is 0 Å². The molecular formula is C23H14FN3. The van der Waals surface area contributed by atoms with E-state index in [4.69, 9.17) is 4.98 Å². The van der Waals surface area contributed by atoms with E-state index in [1.54, 1.807) is 18.5 Å². The highest BCUT2D eigenvalue weighted by molar-refractivity contribution is 5.94. The molecule has 5 rings (SSSR count). The van der Waals surface area contributed by atoms with E-state index in [0.717, 1.165) is 38.9 Å². The highest BCUT2D eigenvalue weighted by Crippen LogP contribution is 2.29. The summed E-state index contributed by atoms with van der Waals surface area (Å²) in [6, 6.07) is 24.6. The zero-order valence-electron chi connectivity index (χ0n) is 14.3. The molecule has 2 aromatic heterocycles. The molecular weight excluding hydrogens is 337 g/mol. The first-order valence-electron chi connectivity index (χ1n) is 8.65. The average Bonchev–Trinajstić information content (AvgIpc) is 2.73. The van der Waals surface area contributed by atoms with Crippen LogP contribution in [0.15, 0.2) is 85.2 Å². The van der Waals surface area contributed by atoms with Crippen LogP contribution in [0.1, 0.15) is 0 Å². The minimum Gasteiger partial charge on any atom is -0.244 e. The standard InChI is InChI=1S/C23H14FN3/c24-19-9-7-16(8-10-19)20-11-12-21-23(27-20)22(26-14-25-21)18-6-5-15-3-1-2-4-17(15)13-18/h1-14H. The molecule has 0 radical (unpaired) electrons. The van der Waals surface area contributed by atoms with Crippen LogP contribution in [0.3, 0.4) is 0 Å². The van der Waals surface area contributed by atoms with Crippen LogP contribution in [0.4, 0.5) is 4.39 Å². The van der Waals surface area contributed by atoms with Crippen LogP contribution >= 0.6 is 0 Å². The molecule has 128 valence electrons. The van der Waals surface area contributed by atoms with Gasteiger partial charge in [0.15, 0.2) is 0 Å². The minimum atomic E-state index is -0.264. The summed E-state index contributed by atoms with van der Waals surface area (Å²) in [5.41, 5.74) is 4.90. The Bertz CT molecular complexity index is 1280. The van der Waals surface area contributed by atoms with E-state index in [9.17, 15) is 4.39 Å². The Morgan fingerprint density at radius 3 is 2.30 bits per heavy atom. The van der Waals surface area contributed by atoms with Crippen LogP contribution in [-0.4, -0.2) is 15.0 Å². The van der Waals surface area contributed by atoms with Crippen molar-refractivity contribution < 1.29 is 4.39 Å². The van der Waals surface area contributed by atoms with Crippen molar-refractivity contribution in [3.05, 3.63) is 91.0 Å². The molecule has 0 aliphatic rings. The fourth-order valence-electron chi connectivity index (χ4n) is 3.27. The SMILES string of the molecule is Fc1ccc(-c2ccc3ncnc(-c4ccc5ccccc5c4)c3n2)cc1. The Balaban J connectivity index is 1.71. The Kier molecular flexibility index (Phi) is 3.61. The van der Waals surface area contributed by atoms with Crippen molar-refractivity contribution >= 4 is 21.8 Å². The number of hydrogen-bond donors (Lipinski definition) is 0. The number of aromatic nitrogens is 3. The quantitative estimate of drug-likeness (QED) is 0.412. The first kappa shape index (κ1) is 15.6. The molecule has 0 unspecified atom stereocenters. The highest BCUT2D eigenvalue weighted by Gasteiger charge is 2.10. The van der Waals surface area contributed by atoms with Gasteiger partial charge in [0.25, 0.3) is 0 Å². The summed E-state index contributed by atoms with van der Waals surface area (Å²) in [5.74, 6) is -0.264. The molecule has 3 aromatic carbocycles. The molecule has 0 amide bonds. The molecule has 3 nitrogen and oxygen atoms in total. The molecule has 0 aliphatic carbocycles. The van der Waals surface area contributed by atoms with Crippen LogP contribution < -0.4 is 0 Å². The fourth-order valence-corrected chi connectivity index (χ4v) is 3.27. The van der Waals surface area contributed by atoms with E-state index >= 15 is 0 Å². The van der Waals surface area contributed by atoms with Gasteiger partial charge in [-0.2, -0.15) is 0 Å². The largest absolute Gasteiger partial charge is 0.244 e. The van der Waals surface area contributed by atoms with Crippen LogP contribution in [0, 0.1) is 5.82 Å². The van der Waals surface area contributed by atoms with Gasteiger partial charge in [0.05, 0.1) is 16.9 Å². The topological polar surface area (TPSA) is 38.7 Å². The maximum Gasteiger partial charge on any atom is 0.123 e. The van der Waals surface area contributed by atoms with E-state index < -0.39 is 0 Å². The lowest BCUT2D eigenvalue weighted by molar-refractivity contribution is 0.628. The van der Waals surface area contributed by atoms with Gasteiger partial charge in [0.2, 0.25) is 0 Å². The third-order valence-electron chi connectivity index (χ3n) is 4.64. The third-order valence-corrected chi connectivity index (χ3v) is 4.64. The molecule has 0 saturated carbocycles. The number of rotatable bonds is 2. The number of benzene rings is 3. The first-order valence-corrected chi connectivity index (χ1v) is 8.65. The summed E-state index contributed by atoms with van der Waals surface area (Å²) in [5, 5.41) is 2.33. The first-order chi connectivity index (χ1) is 13.3. The minimum absolute atomic E-state index is 0.264. The van der Waals surface area contributed by atoms with E-state index in [-0.39, 0.29) is 5.82 Å². The molecule has 0 fully saturated rings. The third kappa shape index (κ3) is 2.81. The fraction of sp³-hybridized carbons (Fsp3) is 0. The molecule has 0 bridgehead atoms. The molecule has 0 aliphatic heterocycles. The summed E-state index contributed by atoms with van der Waals surface area (Å²) in [6.45, 7) is 0. The number of fused-ring (bicyclic) bond motifs is 2. The lowest BCUT2D eigenvalue weighted by Crippen LogP contribution is -1.94. The zero-order chi connectivity index (χ0) is 18.2. The number of nitrogens with zero attached hydrogens (tertiary/aromatic N) is 3. The summed E-state index contributed by atoms with van der Waals surface area (Å²) in [4.78, 5) is 13.6. The van der Waals surface area contributed by atoms with Gasteiger partial charge >= 0.3 is 0 Å². The molecule has 4 heteroatoms. The second-order valence-electron chi connectivity index (χ2n) is 6.36. The predicted molar refractivity (Wildman–Crippen MR) is 106 cm³/mol. The molecule has 0 spiro atoms. The van der Waals surface area contributed by atoms with Crippen molar-refractivity contribution in [3.8, 4) is 22.5 Å². The summed E-state index contributed by atoms with van der Waals surface area (Å²) < 4.78 is 13.2. The lowest BCUT2D eigenvalue weighted by atomic mass is 10.0. The molecule has 0 atom stereocenters. The maximum absolute atomic E-state index is 13.2.